The van der Waals surface area contributed by atoms with Gasteiger partial charge in [0.05, 0.1) is 0 Å². The van der Waals surface area contributed by atoms with Crippen molar-refractivity contribution in [3.63, 3.8) is 0 Å². The quantitative estimate of drug-likeness (QED) is 0.885. The molecule has 0 bridgehead atoms. The smallest absolute Gasteiger partial charge is 0.122 e. The fourth-order valence-electron chi connectivity index (χ4n) is 2.39. The van der Waals surface area contributed by atoms with Gasteiger partial charge in [-0.1, -0.05) is 30.3 Å². The van der Waals surface area contributed by atoms with Gasteiger partial charge in [0.25, 0.3) is 0 Å². The van der Waals surface area contributed by atoms with Crippen LogP contribution in [0.5, 0.6) is 11.5 Å². The van der Waals surface area contributed by atoms with E-state index in [0.29, 0.717) is 18.4 Å². The molecule has 2 N–H and O–H groups in total. The van der Waals surface area contributed by atoms with Crippen molar-refractivity contribution in [3.8, 4) is 11.5 Å². The van der Waals surface area contributed by atoms with Crippen molar-refractivity contribution in [1.29, 1.82) is 0 Å². The maximum Gasteiger partial charge on any atom is 0.122 e. The largest absolute Gasteiger partial charge is 0.508 e. The molecule has 98 valence electrons. The fraction of sp³-hybridized carbons (Fsp3) is 0.250. The van der Waals surface area contributed by atoms with Gasteiger partial charge >= 0.3 is 0 Å². The summed E-state index contributed by atoms with van der Waals surface area (Å²) in [5.74, 6) is 1.31. The average Bonchev–Trinajstić information content (AvgIpc) is 2.45. The minimum atomic E-state index is 0.310. The van der Waals surface area contributed by atoms with Crippen molar-refractivity contribution in [2.24, 2.45) is 0 Å². The van der Waals surface area contributed by atoms with Crippen LogP contribution in [0.25, 0.3) is 0 Å². The third kappa shape index (κ3) is 2.88. The Bertz CT molecular complexity index is 568. The number of benzene rings is 2. The van der Waals surface area contributed by atoms with Gasteiger partial charge in [0.1, 0.15) is 18.1 Å². The number of phenols is 1. The molecule has 3 nitrogen and oxygen atoms in total. The molecule has 0 saturated heterocycles. The van der Waals surface area contributed by atoms with Crippen LogP contribution in [0.2, 0.25) is 0 Å². The standard InChI is InChI=1S/C16H17NO2/c18-15-6-3-4-12(8-15)10-17-14-9-13-5-1-2-7-16(13)19-11-14/h1-8,14,17-18H,9-11H2. The molecule has 0 fully saturated rings. The molecule has 0 aromatic heterocycles. The van der Waals surface area contributed by atoms with Crippen molar-refractivity contribution in [3.05, 3.63) is 59.7 Å². The molecule has 1 unspecified atom stereocenters. The lowest BCUT2D eigenvalue weighted by atomic mass is 10.0. The van der Waals surface area contributed by atoms with Crippen molar-refractivity contribution >= 4 is 0 Å². The molecule has 1 aliphatic heterocycles. The van der Waals surface area contributed by atoms with Gasteiger partial charge in [0.2, 0.25) is 0 Å². The van der Waals surface area contributed by atoms with E-state index in [4.69, 9.17) is 4.74 Å². The highest BCUT2D eigenvalue weighted by Crippen LogP contribution is 2.24. The topological polar surface area (TPSA) is 41.5 Å². The molecule has 1 heterocycles. The van der Waals surface area contributed by atoms with Crippen LogP contribution in [-0.4, -0.2) is 17.8 Å². The number of ether oxygens (including phenoxy) is 1. The Morgan fingerprint density at radius 2 is 2.05 bits per heavy atom. The van der Waals surface area contributed by atoms with Crippen molar-refractivity contribution < 1.29 is 9.84 Å². The maximum absolute atomic E-state index is 9.43. The summed E-state index contributed by atoms with van der Waals surface area (Å²) < 4.78 is 5.74. The SMILES string of the molecule is Oc1cccc(CNC2COc3ccccc3C2)c1. The molecule has 0 saturated carbocycles. The third-order valence-corrected chi connectivity index (χ3v) is 3.38. The maximum atomic E-state index is 9.43. The van der Waals surface area contributed by atoms with E-state index < -0.39 is 0 Å². The van der Waals surface area contributed by atoms with Crippen LogP contribution in [0, 0.1) is 0 Å². The summed E-state index contributed by atoms with van der Waals surface area (Å²) in [5.41, 5.74) is 2.33. The predicted molar refractivity (Wildman–Crippen MR) is 74.4 cm³/mol. The molecule has 2 aromatic rings. The molecule has 1 atom stereocenters. The lowest BCUT2D eigenvalue weighted by Crippen LogP contribution is -2.38. The molecular weight excluding hydrogens is 238 g/mol. The highest BCUT2D eigenvalue weighted by Gasteiger charge is 2.18. The van der Waals surface area contributed by atoms with Gasteiger partial charge in [-0.25, -0.2) is 0 Å². The van der Waals surface area contributed by atoms with Crippen LogP contribution in [0.1, 0.15) is 11.1 Å². The Hall–Kier alpha value is -2.00. The molecule has 19 heavy (non-hydrogen) atoms. The first kappa shape index (κ1) is 12.1. The first-order chi connectivity index (χ1) is 9.31. The van der Waals surface area contributed by atoms with Gasteiger partial charge in [-0.2, -0.15) is 0 Å². The van der Waals surface area contributed by atoms with E-state index in [1.54, 1.807) is 12.1 Å². The Morgan fingerprint density at radius 3 is 2.95 bits per heavy atom. The minimum Gasteiger partial charge on any atom is -0.508 e. The number of hydrogen-bond acceptors (Lipinski definition) is 3. The van der Waals surface area contributed by atoms with Crippen LogP contribution in [-0.2, 0) is 13.0 Å². The van der Waals surface area contributed by atoms with E-state index in [0.717, 1.165) is 24.3 Å². The van der Waals surface area contributed by atoms with E-state index >= 15 is 0 Å². The molecule has 2 aromatic carbocycles. The number of para-hydroxylation sites is 1. The minimum absolute atomic E-state index is 0.310. The Balaban J connectivity index is 1.61. The van der Waals surface area contributed by atoms with Crippen LogP contribution < -0.4 is 10.1 Å². The van der Waals surface area contributed by atoms with E-state index in [2.05, 4.69) is 11.4 Å². The summed E-state index contributed by atoms with van der Waals surface area (Å²) in [6.07, 6.45) is 0.981. The molecule has 3 rings (SSSR count). The summed E-state index contributed by atoms with van der Waals surface area (Å²) in [7, 11) is 0. The number of aromatic hydroxyl groups is 1. The lowest BCUT2D eigenvalue weighted by molar-refractivity contribution is 0.238. The molecule has 0 amide bonds. The van der Waals surface area contributed by atoms with Crippen molar-refractivity contribution in [2.75, 3.05) is 6.61 Å². The van der Waals surface area contributed by atoms with Gasteiger partial charge in [-0.3, -0.25) is 0 Å². The first-order valence-electron chi connectivity index (χ1n) is 6.53. The second-order valence-corrected chi connectivity index (χ2v) is 4.87. The third-order valence-electron chi connectivity index (χ3n) is 3.38. The van der Waals surface area contributed by atoms with Crippen molar-refractivity contribution in [1.82, 2.24) is 5.32 Å². The average molecular weight is 255 g/mol. The second-order valence-electron chi connectivity index (χ2n) is 4.87. The lowest BCUT2D eigenvalue weighted by Gasteiger charge is -2.26. The van der Waals surface area contributed by atoms with Gasteiger partial charge in [-0.05, 0) is 35.7 Å². The molecule has 0 radical (unpaired) electrons. The zero-order chi connectivity index (χ0) is 13.1. The normalized spacial score (nSPS) is 17.6. The Kier molecular flexibility index (Phi) is 3.38. The number of rotatable bonds is 3. The van der Waals surface area contributed by atoms with Gasteiger partial charge in [0.15, 0.2) is 0 Å². The Labute approximate surface area is 112 Å². The zero-order valence-corrected chi connectivity index (χ0v) is 10.7. The fourth-order valence-corrected chi connectivity index (χ4v) is 2.39. The Morgan fingerprint density at radius 1 is 1.16 bits per heavy atom. The van der Waals surface area contributed by atoms with Gasteiger partial charge in [-0.15, -0.1) is 0 Å². The molecule has 0 aliphatic carbocycles. The number of hydrogen-bond donors (Lipinski definition) is 2. The zero-order valence-electron chi connectivity index (χ0n) is 10.7. The highest BCUT2D eigenvalue weighted by atomic mass is 16.5. The summed E-state index contributed by atoms with van der Waals surface area (Å²) in [4.78, 5) is 0. The van der Waals surface area contributed by atoms with Gasteiger partial charge in [0, 0.05) is 12.6 Å². The number of nitrogens with one attached hydrogen (secondary N) is 1. The van der Waals surface area contributed by atoms with Crippen LogP contribution >= 0.6 is 0 Å². The number of fused-ring (bicyclic) bond motifs is 1. The molecule has 1 aliphatic rings. The van der Waals surface area contributed by atoms with Crippen LogP contribution in [0.4, 0.5) is 0 Å². The monoisotopic (exact) mass is 255 g/mol. The summed E-state index contributed by atoms with van der Waals surface area (Å²) in [6.45, 7) is 1.43. The first-order valence-corrected chi connectivity index (χ1v) is 6.53. The van der Waals surface area contributed by atoms with Gasteiger partial charge < -0.3 is 15.2 Å². The highest BCUT2D eigenvalue weighted by molar-refractivity contribution is 5.35. The van der Waals surface area contributed by atoms with E-state index in [1.807, 2.05) is 30.3 Å². The molecular formula is C16H17NO2. The van der Waals surface area contributed by atoms with E-state index in [9.17, 15) is 5.11 Å². The molecule has 3 heteroatoms. The molecule has 0 spiro atoms. The van der Waals surface area contributed by atoms with E-state index in [-0.39, 0.29) is 0 Å². The summed E-state index contributed by atoms with van der Waals surface area (Å²) >= 11 is 0. The number of phenolic OH excluding ortho intramolecular Hbond substituents is 1. The summed E-state index contributed by atoms with van der Waals surface area (Å²) in [5, 5.41) is 12.9. The van der Waals surface area contributed by atoms with Crippen LogP contribution in [0.3, 0.4) is 0 Å². The second kappa shape index (κ2) is 5.33. The van der Waals surface area contributed by atoms with Crippen molar-refractivity contribution in [2.45, 2.75) is 19.0 Å². The summed E-state index contributed by atoms with van der Waals surface area (Å²) in [6, 6.07) is 15.8. The predicted octanol–water partition coefficient (Wildman–Crippen LogP) is 2.49. The van der Waals surface area contributed by atoms with E-state index in [1.165, 1.54) is 5.56 Å². The van der Waals surface area contributed by atoms with Crippen LogP contribution in [0.15, 0.2) is 48.5 Å².